The van der Waals surface area contributed by atoms with Crippen LogP contribution in [0.15, 0.2) is 53.9 Å². The number of alkyl halides is 3. The van der Waals surface area contributed by atoms with Crippen LogP contribution in [0.25, 0.3) is 27.3 Å². The summed E-state index contributed by atoms with van der Waals surface area (Å²) >= 11 is 1.12. The number of carbonyl (C=O) groups is 1. The number of carboxylic acids is 1. The van der Waals surface area contributed by atoms with E-state index in [2.05, 4.69) is 10.1 Å². The predicted molar refractivity (Wildman–Crippen MR) is 94.1 cm³/mol. The van der Waals surface area contributed by atoms with Crippen LogP contribution in [-0.4, -0.2) is 25.8 Å². The molecule has 5 nitrogen and oxygen atoms in total. The Labute approximate surface area is 154 Å². The van der Waals surface area contributed by atoms with Gasteiger partial charge in [0.2, 0.25) is 5.13 Å². The maximum absolute atomic E-state index is 12.8. The number of benzene rings is 2. The number of halogens is 3. The summed E-state index contributed by atoms with van der Waals surface area (Å²) in [6, 6.07) is 11.9. The molecule has 9 heteroatoms. The van der Waals surface area contributed by atoms with Crippen LogP contribution in [0.3, 0.4) is 0 Å². The van der Waals surface area contributed by atoms with Gasteiger partial charge < -0.3 is 5.11 Å². The standard InChI is InChI=1S/C18H10F3N3O2S/c19-18(20,21)11-7-5-10(6-8-11)15-12-3-1-2-4-14(12)24(23-15)17-22-13(9-27-17)16(25)26/h1-9H,(H,25,26). The van der Waals surface area contributed by atoms with Gasteiger partial charge in [-0.2, -0.15) is 18.3 Å². The SMILES string of the molecule is O=C(O)c1csc(-n2nc(-c3ccc(C(F)(F)F)cc3)c3ccccc32)n1. The summed E-state index contributed by atoms with van der Waals surface area (Å²) in [5.41, 5.74) is 0.865. The second-order valence-electron chi connectivity index (χ2n) is 5.67. The highest BCUT2D eigenvalue weighted by atomic mass is 32.1. The minimum atomic E-state index is -4.41. The number of hydrogen-bond acceptors (Lipinski definition) is 4. The van der Waals surface area contributed by atoms with Gasteiger partial charge in [0.1, 0.15) is 5.69 Å². The first-order valence-electron chi connectivity index (χ1n) is 7.69. The Bertz CT molecular complexity index is 1150. The summed E-state index contributed by atoms with van der Waals surface area (Å²) in [5, 5.41) is 16.0. The molecule has 2 aromatic carbocycles. The fourth-order valence-electron chi connectivity index (χ4n) is 2.70. The highest BCUT2D eigenvalue weighted by molar-refractivity contribution is 7.12. The van der Waals surface area contributed by atoms with E-state index >= 15 is 0 Å². The molecule has 0 aliphatic carbocycles. The summed E-state index contributed by atoms with van der Waals surface area (Å²) < 4.78 is 39.9. The zero-order valence-electron chi connectivity index (χ0n) is 13.4. The Morgan fingerprint density at radius 1 is 1.07 bits per heavy atom. The molecule has 0 radical (unpaired) electrons. The first-order chi connectivity index (χ1) is 12.8. The van der Waals surface area contributed by atoms with E-state index in [1.807, 2.05) is 0 Å². The molecule has 0 fully saturated rings. The first-order valence-corrected chi connectivity index (χ1v) is 8.57. The average molecular weight is 389 g/mol. The van der Waals surface area contributed by atoms with E-state index in [4.69, 9.17) is 5.11 Å². The molecular formula is C18H10F3N3O2S. The minimum absolute atomic E-state index is 0.0920. The molecule has 0 saturated carbocycles. The van der Waals surface area contributed by atoms with Crippen molar-refractivity contribution < 1.29 is 23.1 Å². The number of aromatic nitrogens is 3. The molecule has 1 N–H and O–H groups in total. The highest BCUT2D eigenvalue weighted by Crippen LogP contribution is 2.34. The number of fused-ring (bicyclic) bond motifs is 1. The van der Waals surface area contributed by atoms with Crippen molar-refractivity contribution in [2.24, 2.45) is 0 Å². The predicted octanol–water partition coefficient (Wildman–Crippen LogP) is 4.87. The molecule has 0 saturated heterocycles. The van der Waals surface area contributed by atoms with Gasteiger partial charge in [-0.1, -0.05) is 30.3 Å². The lowest BCUT2D eigenvalue weighted by atomic mass is 10.1. The monoisotopic (exact) mass is 389 g/mol. The molecule has 27 heavy (non-hydrogen) atoms. The molecule has 0 atom stereocenters. The molecule has 0 aliphatic rings. The van der Waals surface area contributed by atoms with Crippen molar-refractivity contribution in [3.8, 4) is 16.4 Å². The van der Waals surface area contributed by atoms with E-state index in [9.17, 15) is 18.0 Å². The Kier molecular flexibility index (Phi) is 3.96. The lowest BCUT2D eigenvalue weighted by Gasteiger charge is -2.06. The highest BCUT2D eigenvalue weighted by Gasteiger charge is 2.30. The third-order valence-electron chi connectivity index (χ3n) is 3.97. The second kappa shape index (κ2) is 6.20. The van der Waals surface area contributed by atoms with Crippen molar-refractivity contribution in [1.82, 2.24) is 14.8 Å². The van der Waals surface area contributed by atoms with Crippen molar-refractivity contribution in [3.63, 3.8) is 0 Å². The second-order valence-corrected chi connectivity index (χ2v) is 6.51. The van der Waals surface area contributed by atoms with Crippen molar-refractivity contribution in [1.29, 1.82) is 0 Å². The molecule has 2 heterocycles. The fraction of sp³-hybridized carbons (Fsp3) is 0.0556. The number of hydrogen-bond donors (Lipinski definition) is 1. The largest absolute Gasteiger partial charge is 0.476 e. The van der Waals surface area contributed by atoms with Crippen molar-refractivity contribution >= 4 is 28.2 Å². The number of aromatic carboxylic acids is 1. The third kappa shape index (κ3) is 3.06. The zero-order valence-corrected chi connectivity index (χ0v) is 14.3. The van der Waals surface area contributed by atoms with Gasteiger partial charge in [0.15, 0.2) is 5.69 Å². The summed E-state index contributed by atoms with van der Waals surface area (Å²) in [5.74, 6) is -1.14. The van der Waals surface area contributed by atoms with Crippen molar-refractivity contribution in [2.75, 3.05) is 0 Å². The minimum Gasteiger partial charge on any atom is -0.476 e. The maximum Gasteiger partial charge on any atom is 0.416 e. The maximum atomic E-state index is 12.8. The summed E-state index contributed by atoms with van der Waals surface area (Å²) in [6.07, 6.45) is -4.41. The lowest BCUT2D eigenvalue weighted by molar-refractivity contribution is -0.137. The molecule has 0 aliphatic heterocycles. The van der Waals surface area contributed by atoms with Crippen LogP contribution in [0.2, 0.25) is 0 Å². The fourth-order valence-corrected chi connectivity index (χ4v) is 3.46. The van der Waals surface area contributed by atoms with Crippen LogP contribution < -0.4 is 0 Å². The molecular weight excluding hydrogens is 379 g/mol. The quantitative estimate of drug-likeness (QED) is 0.543. The van der Waals surface area contributed by atoms with E-state index in [-0.39, 0.29) is 5.69 Å². The smallest absolute Gasteiger partial charge is 0.416 e. The lowest BCUT2D eigenvalue weighted by Crippen LogP contribution is -2.04. The summed E-state index contributed by atoms with van der Waals surface area (Å²) in [6.45, 7) is 0. The van der Waals surface area contributed by atoms with Crippen LogP contribution in [-0.2, 0) is 6.18 Å². The normalized spacial score (nSPS) is 11.8. The number of rotatable bonds is 3. The van der Waals surface area contributed by atoms with E-state index < -0.39 is 17.7 Å². The Morgan fingerprint density at radius 2 is 1.78 bits per heavy atom. The van der Waals surface area contributed by atoms with Gasteiger partial charge in [-0.05, 0) is 18.2 Å². The van der Waals surface area contributed by atoms with Crippen LogP contribution in [0.1, 0.15) is 16.1 Å². The van der Waals surface area contributed by atoms with E-state index in [1.165, 1.54) is 22.2 Å². The third-order valence-corrected chi connectivity index (χ3v) is 4.78. The van der Waals surface area contributed by atoms with Gasteiger partial charge in [0, 0.05) is 16.3 Å². The van der Waals surface area contributed by atoms with Gasteiger partial charge in [-0.3, -0.25) is 0 Å². The molecule has 2 aromatic heterocycles. The number of para-hydroxylation sites is 1. The van der Waals surface area contributed by atoms with Crippen LogP contribution in [0, 0.1) is 0 Å². The average Bonchev–Trinajstić information content (AvgIpc) is 3.26. The number of nitrogens with zero attached hydrogens (tertiary/aromatic N) is 3. The molecule has 0 spiro atoms. The Morgan fingerprint density at radius 3 is 2.41 bits per heavy atom. The van der Waals surface area contributed by atoms with Gasteiger partial charge in [0.05, 0.1) is 11.1 Å². The summed E-state index contributed by atoms with van der Waals surface area (Å²) in [4.78, 5) is 15.1. The van der Waals surface area contributed by atoms with E-state index in [0.717, 1.165) is 28.9 Å². The molecule has 0 bridgehead atoms. The van der Waals surface area contributed by atoms with Crippen molar-refractivity contribution in [3.05, 3.63) is 65.2 Å². The Hall–Kier alpha value is -3.20. The zero-order chi connectivity index (χ0) is 19.2. The van der Waals surface area contributed by atoms with Gasteiger partial charge >= 0.3 is 12.1 Å². The van der Waals surface area contributed by atoms with Crippen LogP contribution in [0.5, 0.6) is 0 Å². The Balaban J connectivity index is 1.86. The van der Waals surface area contributed by atoms with E-state index in [0.29, 0.717) is 21.9 Å². The van der Waals surface area contributed by atoms with Crippen LogP contribution >= 0.6 is 11.3 Å². The van der Waals surface area contributed by atoms with Crippen molar-refractivity contribution in [2.45, 2.75) is 6.18 Å². The molecule has 4 aromatic rings. The van der Waals surface area contributed by atoms with Gasteiger partial charge in [-0.15, -0.1) is 11.3 Å². The molecule has 136 valence electrons. The molecule has 0 amide bonds. The van der Waals surface area contributed by atoms with E-state index in [1.54, 1.807) is 24.3 Å². The molecule has 0 unspecified atom stereocenters. The number of carboxylic acid groups (broad SMARTS) is 1. The van der Waals surface area contributed by atoms with Gasteiger partial charge in [-0.25, -0.2) is 14.5 Å². The summed E-state index contributed by atoms with van der Waals surface area (Å²) in [7, 11) is 0. The molecule has 4 rings (SSSR count). The number of thiazole rings is 1. The van der Waals surface area contributed by atoms with Gasteiger partial charge in [0.25, 0.3) is 0 Å². The van der Waals surface area contributed by atoms with Crippen LogP contribution in [0.4, 0.5) is 13.2 Å². The first kappa shape index (κ1) is 17.2. The topological polar surface area (TPSA) is 68.0 Å².